The highest BCUT2D eigenvalue weighted by Crippen LogP contribution is 2.29. The summed E-state index contributed by atoms with van der Waals surface area (Å²) in [6, 6.07) is 10.0. The molecule has 2 fully saturated rings. The van der Waals surface area contributed by atoms with E-state index >= 15 is 0 Å². The predicted octanol–water partition coefficient (Wildman–Crippen LogP) is 3.36. The second-order valence-electron chi connectivity index (χ2n) is 6.91. The summed E-state index contributed by atoms with van der Waals surface area (Å²) in [5.74, 6) is 1.44. The normalized spacial score (nSPS) is 23.3. The third kappa shape index (κ3) is 3.33. The topological polar surface area (TPSA) is 55.6 Å². The van der Waals surface area contributed by atoms with Crippen LogP contribution in [0.4, 0.5) is 0 Å². The van der Waals surface area contributed by atoms with E-state index in [-0.39, 0.29) is 18.1 Å². The van der Waals surface area contributed by atoms with E-state index in [1.807, 2.05) is 42.2 Å². The second kappa shape index (κ2) is 7.00. The lowest BCUT2D eigenvalue weighted by Crippen LogP contribution is -2.55. The molecule has 1 saturated heterocycles. The molecule has 1 aromatic heterocycles. The van der Waals surface area contributed by atoms with Gasteiger partial charge in [-0.1, -0.05) is 31.0 Å². The average Bonchev–Trinajstić information content (AvgIpc) is 3.02. The lowest BCUT2D eigenvalue weighted by Gasteiger charge is -2.43. The molecule has 1 aromatic carbocycles. The van der Waals surface area contributed by atoms with E-state index in [4.69, 9.17) is 9.15 Å². The Morgan fingerprint density at radius 2 is 2.04 bits per heavy atom. The van der Waals surface area contributed by atoms with Crippen LogP contribution in [-0.2, 0) is 16.0 Å². The van der Waals surface area contributed by atoms with Crippen molar-refractivity contribution in [1.29, 1.82) is 0 Å². The summed E-state index contributed by atoms with van der Waals surface area (Å²) in [5, 5.41) is 0. The number of rotatable bonds is 3. The molecule has 1 amide bonds. The summed E-state index contributed by atoms with van der Waals surface area (Å²) in [7, 11) is 0. The van der Waals surface area contributed by atoms with Crippen LogP contribution in [0.25, 0.3) is 11.5 Å². The molecule has 1 aliphatic carbocycles. The predicted molar refractivity (Wildman–Crippen MR) is 94.1 cm³/mol. The number of carbonyl (C=O) groups excluding carboxylic acids is 1. The highest BCUT2D eigenvalue weighted by Gasteiger charge is 2.36. The van der Waals surface area contributed by atoms with Crippen LogP contribution in [0, 0.1) is 6.92 Å². The fourth-order valence-electron chi connectivity index (χ4n) is 3.95. The van der Waals surface area contributed by atoms with Crippen molar-refractivity contribution in [2.45, 2.75) is 51.2 Å². The Hall–Kier alpha value is -2.14. The van der Waals surface area contributed by atoms with Crippen molar-refractivity contribution in [1.82, 2.24) is 9.88 Å². The zero-order chi connectivity index (χ0) is 17.2. The number of amides is 1. The number of hydrogen-bond donors (Lipinski definition) is 0. The van der Waals surface area contributed by atoms with Gasteiger partial charge in [0.2, 0.25) is 11.8 Å². The molecule has 5 nitrogen and oxygen atoms in total. The smallest absolute Gasteiger partial charge is 0.229 e. The van der Waals surface area contributed by atoms with Crippen LogP contribution in [-0.4, -0.2) is 41.1 Å². The van der Waals surface area contributed by atoms with Crippen LogP contribution in [0.15, 0.2) is 34.7 Å². The summed E-state index contributed by atoms with van der Waals surface area (Å²) in [6.07, 6.45) is 5.00. The van der Waals surface area contributed by atoms with Gasteiger partial charge in [0, 0.05) is 12.1 Å². The Morgan fingerprint density at radius 1 is 1.24 bits per heavy atom. The monoisotopic (exact) mass is 340 g/mol. The van der Waals surface area contributed by atoms with Crippen molar-refractivity contribution in [3.05, 3.63) is 41.8 Å². The number of hydrogen-bond acceptors (Lipinski definition) is 4. The minimum Gasteiger partial charge on any atom is -0.441 e. The van der Waals surface area contributed by atoms with Gasteiger partial charge in [-0.25, -0.2) is 4.98 Å². The van der Waals surface area contributed by atoms with E-state index < -0.39 is 0 Å². The van der Waals surface area contributed by atoms with Gasteiger partial charge in [-0.3, -0.25) is 4.79 Å². The molecule has 2 heterocycles. The number of nitrogens with zero attached hydrogens (tertiary/aromatic N) is 2. The number of aromatic nitrogens is 1. The van der Waals surface area contributed by atoms with Crippen LogP contribution >= 0.6 is 0 Å². The van der Waals surface area contributed by atoms with Crippen molar-refractivity contribution in [2.24, 2.45) is 0 Å². The molecule has 5 heteroatoms. The number of benzene rings is 1. The first-order chi connectivity index (χ1) is 12.2. The molecule has 2 atom stereocenters. The summed E-state index contributed by atoms with van der Waals surface area (Å²) < 4.78 is 11.7. The van der Waals surface area contributed by atoms with Crippen molar-refractivity contribution < 1.29 is 13.9 Å². The molecule has 2 aromatic rings. The molecule has 1 saturated carbocycles. The van der Waals surface area contributed by atoms with E-state index in [0.717, 1.165) is 29.9 Å². The highest BCUT2D eigenvalue weighted by atomic mass is 16.5. The molecule has 0 radical (unpaired) electrons. The summed E-state index contributed by atoms with van der Waals surface area (Å²) in [6.45, 7) is 3.20. The maximum Gasteiger partial charge on any atom is 0.229 e. The minimum atomic E-state index is 0.135. The fraction of sp³-hybridized carbons (Fsp3) is 0.500. The summed E-state index contributed by atoms with van der Waals surface area (Å²) in [4.78, 5) is 19.5. The minimum absolute atomic E-state index is 0.135. The average molecular weight is 340 g/mol. The Morgan fingerprint density at radius 3 is 2.88 bits per heavy atom. The molecule has 0 spiro atoms. The molecule has 25 heavy (non-hydrogen) atoms. The van der Waals surface area contributed by atoms with Gasteiger partial charge in [0.1, 0.15) is 5.76 Å². The third-order valence-electron chi connectivity index (χ3n) is 5.28. The van der Waals surface area contributed by atoms with Gasteiger partial charge in [0.15, 0.2) is 0 Å². The largest absolute Gasteiger partial charge is 0.441 e. The van der Waals surface area contributed by atoms with Crippen molar-refractivity contribution >= 4 is 5.91 Å². The van der Waals surface area contributed by atoms with Crippen LogP contribution in [0.5, 0.6) is 0 Å². The summed E-state index contributed by atoms with van der Waals surface area (Å²) in [5.41, 5.74) is 1.67. The molecule has 2 aliphatic rings. The van der Waals surface area contributed by atoms with Crippen molar-refractivity contribution in [2.75, 3.05) is 13.2 Å². The highest BCUT2D eigenvalue weighted by molar-refractivity contribution is 5.79. The van der Waals surface area contributed by atoms with Gasteiger partial charge < -0.3 is 14.1 Å². The molecule has 0 unspecified atom stereocenters. The van der Waals surface area contributed by atoms with Crippen LogP contribution in [0.1, 0.15) is 37.1 Å². The number of carbonyl (C=O) groups is 1. The molecule has 0 bridgehead atoms. The maximum absolute atomic E-state index is 12.9. The van der Waals surface area contributed by atoms with Crippen LogP contribution < -0.4 is 0 Å². The first-order valence-electron chi connectivity index (χ1n) is 9.15. The van der Waals surface area contributed by atoms with Gasteiger partial charge in [0.05, 0.1) is 30.9 Å². The molecule has 132 valence electrons. The number of fused-ring (bicyclic) bond motifs is 1. The van der Waals surface area contributed by atoms with Crippen molar-refractivity contribution in [3.63, 3.8) is 0 Å². The Kier molecular flexibility index (Phi) is 4.57. The molecular formula is C20H24N2O3. The van der Waals surface area contributed by atoms with Gasteiger partial charge in [-0.15, -0.1) is 0 Å². The molecule has 0 N–H and O–H groups in total. The lowest BCUT2D eigenvalue weighted by atomic mass is 9.90. The SMILES string of the molecule is Cc1oc(-c2ccccc2)nc1CC(=O)N1CCO[C@@H]2CCCC[C@H]21. The Balaban J connectivity index is 1.50. The fourth-order valence-corrected chi connectivity index (χ4v) is 3.95. The van der Waals surface area contributed by atoms with Crippen molar-refractivity contribution in [3.8, 4) is 11.5 Å². The van der Waals surface area contributed by atoms with Crippen LogP contribution in [0.3, 0.4) is 0 Å². The van der Waals surface area contributed by atoms with E-state index in [0.29, 0.717) is 25.5 Å². The van der Waals surface area contributed by atoms with Crippen LogP contribution in [0.2, 0.25) is 0 Å². The molecule has 4 rings (SSSR count). The number of ether oxygens (including phenoxy) is 1. The Bertz CT molecular complexity index is 739. The molecule has 1 aliphatic heterocycles. The zero-order valence-corrected chi connectivity index (χ0v) is 14.6. The lowest BCUT2D eigenvalue weighted by molar-refractivity contribution is -0.148. The maximum atomic E-state index is 12.9. The first-order valence-corrected chi connectivity index (χ1v) is 9.15. The van der Waals surface area contributed by atoms with E-state index in [1.54, 1.807) is 0 Å². The standard InChI is InChI=1S/C20H24N2O3/c1-14-16(21-20(25-14)15-7-3-2-4-8-15)13-19(23)22-11-12-24-18-10-6-5-9-17(18)22/h2-4,7-8,17-18H,5-6,9-13H2,1H3/t17-,18-/m1/s1. The molecular weight excluding hydrogens is 316 g/mol. The third-order valence-corrected chi connectivity index (χ3v) is 5.28. The number of oxazole rings is 1. The number of morpholine rings is 1. The van der Waals surface area contributed by atoms with E-state index in [1.165, 1.54) is 12.8 Å². The van der Waals surface area contributed by atoms with Gasteiger partial charge in [-0.05, 0) is 31.9 Å². The first kappa shape index (κ1) is 16.3. The van der Waals surface area contributed by atoms with E-state index in [2.05, 4.69) is 4.98 Å². The van der Waals surface area contributed by atoms with E-state index in [9.17, 15) is 4.79 Å². The zero-order valence-electron chi connectivity index (χ0n) is 14.6. The van der Waals surface area contributed by atoms with Gasteiger partial charge in [0.25, 0.3) is 0 Å². The Labute approximate surface area is 148 Å². The van der Waals surface area contributed by atoms with Gasteiger partial charge >= 0.3 is 0 Å². The number of aryl methyl sites for hydroxylation is 1. The van der Waals surface area contributed by atoms with Gasteiger partial charge in [-0.2, -0.15) is 0 Å². The second-order valence-corrected chi connectivity index (χ2v) is 6.91. The summed E-state index contributed by atoms with van der Waals surface area (Å²) >= 11 is 0. The quantitative estimate of drug-likeness (QED) is 0.860.